The van der Waals surface area contributed by atoms with E-state index < -0.39 is 8.32 Å². The van der Waals surface area contributed by atoms with E-state index in [2.05, 4.69) is 69.3 Å². The summed E-state index contributed by atoms with van der Waals surface area (Å²) in [5.74, 6) is -0.509. The van der Waals surface area contributed by atoms with Crippen LogP contribution in [0.25, 0.3) is 0 Å². The van der Waals surface area contributed by atoms with Gasteiger partial charge in [0.2, 0.25) is 0 Å². The fraction of sp³-hybridized carbons (Fsp3) is 0.516. The predicted octanol–water partition coefficient (Wildman–Crippen LogP) is 7.22. The molecule has 0 aliphatic rings. The van der Waals surface area contributed by atoms with Gasteiger partial charge in [-0.15, -0.1) is 5.10 Å². The van der Waals surface area contributed by atoms with E-state index in [1.54, 1.807) is 0 Å². The Bertz CT molecular complexity index is 1180. The zero-order valence-electron chi connectivity index (χ0n) is 24.5. The molecule has 206 valence electrons. The molecule has 2 atom stereocenters. The van der Waals surface area contributed by atoms with E-state index >= 15 is 0 Å². The molecule has 0 fully saturated rings. The molecule has 6 nitrogen and oxygen atoms in total. The average Bonchev–Trinajstić information content (AvgIpc) is 3.35. The normalized spacial score (nSPS) is 13.8. The summed E-state index contributed by atoms with van der Waals surface area (Å²) in [4.78, 5) is 13.2. The molecule has 1 heterocycles. The highest BCUT2D eigenvalue weighted by Crippen LogP contribution is 2.38. The second-order valence-electron chi connectivity index (χ2n) is 11.8. The number of esters is 1. The standard InChI is InChI=1S/C31H45N3O3Si/c1-9-34-20-28(32-33-34)17-18-29(24(3)30(35)36-21-25-13-11-10-12-14-25)26-16-15-23(2)27(19-26)22-37-38(7,8)31(4,5)6/h10-16,19-20,24,29H,9,17-18,21-22H2,1-8H3. The second-order valence-corrected chi connectivity index (χ2v) is 16.6. The highest BCUT2D eigenvalue weighted by atomic mass is 28.4. The lowest BCUT2D eigenvalue weighted by Crippen LogP contribution is -2.40. The molecule has 0 aliphatic heterocycles. The van der Waals surface area contributed by atoms with Crippen molar-refractivity contribution in [1.29, 1.82) is 0 Å². The molecular formula is C31H45N3O3Si. The van der Waals surface area contributed by atoms with Crippen molar-refractivity contribution in [2.45, 2.75) is 98.2 Å². The predicted molar refractivity (Wildman–Crippen MR) is 155 cm³/mol. The van der Waals surface area contributed by atoms with Crippen LogP contribution in [0.15, 0.2) is 54.7 Å². The highest BCUT2D eigenvalue weighted by Gasteiger charge is 2.37. The minimum atomic E-state index is -1.89. The SMILES string of the molecule is CCn1cc(CCC(c2ccc(C)c(CO[Si](C)(C)C(C)(C)C)c2)C(C)C(=O)OCc2ccccc2)nn1. The van der Waals surface area contributed by atoms with Gasteiger partial charge in [-0.25, -0.2) is 0 Å². The minimum absolute atomic E-state index is 0.0164. The van der Waals surface area contributed by atoms with Crippen molar-refractivity contribution in [3.05, 3.63) is 82.7 Å². The number of carbonyl (C=O) groups is 1. The van der Waals surface area contributed by atoms with Crippen LogP contribution in [0.1, 0.15) is 74.9 Å². The molecule has 0 saturated heterocycles. The summed E-state index contributed by atoms with van der Waals surface area (Å²) in [6, 6.07) is 16.4. The van der Waals surface area contributed by atoms with Gasteiger partial charge in [0.25, 0.3) is 0 Å². The molecular weight excluding hydrogens is 490 g/mol. The van der Waals surface area contributed by atoms with Gasteiger partial charge in [-0.2, -0.15) is 0 Å². The molecule has 3 rings (SSSR count). The summed E-state index contributed by atoms with van der Waals surface area (Å²) in [5.41, 5.74) is 5.45. The number of carbonyl (C=O) groups excluding carboxylic acids is 1. The second kappa shape index (κ2) is 12.9. The van der Waals surface area contributed by atoms with Gasteiger partial charge < -0.3 is 9.16 Å². The average molecular weight is 536 g/mol. The summed E-state index contributed by atoms with van der Waals surface area (Å²) in [6.07, 6.45) is 3.50. The molecule has 0 saturated carbocycles. The van der Waals surface area contributed by atoms with Crippen molar-refractivity contribution in [2.24, 2.45) is 5.92 Å². The van der Waals surface area contributed by atoms with Gasteiger partial charge in [-0.05, 0) is 73.0 Å². The smallest absolute Gasteiger partial charge is 0.309 e. The Hall–Kier alpha value is -2.77. The van der Waals surface area contributed by atoms with Crippen LogP contribution in [0, 0.1) is 12.8 Å². The topological polar surface area (TPSA) is 66.2 Å². The van der Waals surface area contributed by atoms with Gasteiger partial charge in [0.15, 0.2) is 8.32 Å². The van der Waals surface area contributed by atoms with Crippen LogP contribution < -0.4 is 0 Å². The van der Waals surface area contributed by atoms with Crippen LogP contribution in [-0.2, 0) is 40.1 Å². The van der Waals surface area contributed by atoms with Crippen molar-refractivity contribution in [1.82, 2.24) is 15.0 Å². The quantitative estimate of drug-likeness (QED) is 0.181. The lowest BCUT2D eigenvalue weighted by atomic mass is 9.82. The molecule has 3 aromatic rings. The summed E-state index contributed by atoms with van der Waals surface area (Å²) in [5, 5.41) is 8.66. The number of benzene rings is 2. The number of rotatable bonds is 12. The minimum Gasteiger partial charge on any atom is -0.461 e. The maximum absolute atomic E-state index is 13.2. The lowest BCUT2D eigenvalue weighted by Gasteiger charge is -2.36. The molecule has 0 N–H and O–H groups in total. The molecule has 2 aromatic carbocycles. The van der Waals surface area contributed by atoms with E-state index in [1.165, 1.54) is 11.1 Å². The molecule has 38 heavy (non-hydrogen) atoms. The van der Waals surface area contributed by atoms with E-state index in [-0.39, 0.29) is 29.5 Å². The lowest BCUT2D eigenvalue weighted by molar-refractivity contribution is -0.150. The van der Waals surface area contributed by atoms with E-state index in [0.717, 1.165) is 36.2 Å². The molecule has 0 amide bonds. The monoisotopic (exact) mass is 535 g/mol. The van der Waals surface area contributed by atoms with Gasteiger partial charge in [-0.1, -0.05) is 81.4 Å². The third-order valence-electron chi connectivity index (χ3n) is 8.02. The van der Waals surface area contributed by atoms with Gasteiger partial charge >= 0.3 is 5.97 Å². The number of ether oxygens (including phenoxy) is 1. The molecule has 7 heteroatoms. The molecule has 2 unspecified atom stereocenters. The first-order valence-electron chi connectivity index (χ1n) is 13.7. The maximum atomic E-state index is 13.2. The van der Waals surface area contributed by atoms with E-state index in [4.69, 9.17) is 9.16 Å². The zero-order valence-corrected chi connectivity index (χ0v) is 25.5. The number of nitrogens with zero attached hydrogens (tertiary/aromatic N) is 3. The van der Waals surface area contributed by atoms with Gasteiger partial charge in [0.05, 0.1) is 18.2 Å². The summed E-state index contributed by atoms with van der Waals surface area (Å²) in [6.45, 7) is 19.1. The molecule has 1 aromatic heterocycles. The Morgan fingerprint density at radius 2 is 1.79 bits per heavy atom. The summed E-state index contributed by atoms with van der Waals surface area (Å²) < 4.78 is 14.2. The Balaban J connectivity index is 1.82. The van der Waals surface area contributed by atoms with Crippen LogP contribution in [0.2, 0.25) is 18.1 Å². The van der Waals surface area contributed by atoms with E-state index in [0.29, 0.717) is 6.61 Å². The Labute approximate surface area is 229 Å². The maximum Gasteiger partial charge on any atom is 0.309 e. The van der Waals surface area contributed by atoms with E-state index in [1.807, 2.05) is 55.1 Å². The Morgan fingerprint density at radius 3 is 2.42 bits per heavy atom. The van der Waals surface area contributed by atoms with Crippen LogP contribution in [0.4, 0.5) is 0 Å². The number of aromatic nitrogens is 3. The first-order chi connectivity index (χ1) is 17.9. The first kappa shape index (κ1) is 29.8. The fourth-order valence-electron chi connectivity index (χ4n) is 4.19. The highest BCUT2D eigenvalue weighted by molar-refractivity contribution is 6.74. The van der Waals surface area contributed by atoms with Gasteiger partial charge in [0, 0.05) is 12.7 Å². The third-order valence-corrected chi connectivity index (χ3v) is 12.5. The Kier molecular flexibility index (Phi) is 10.1. The van der Waals surface area contributed by atoms with Crippen LogP contribution in [0.3, 0.4) is 0 Å². The largest absolute Gasteiger partial charge is 0.461 e. The van der Waals surface area contributed by atoms with Crippen molar-refractivity contribution in [2.75, 3.05) is 0 Å². The molecule has 0 aliphatic carbocycles. The van der Waals surface area contributed by atoms with Crippen molar-refractivity contribution >= 4 is 14.3 Å². The van der Waals surface area contributed by atoms with E-state index in [9.17, 15) is 4.79 Å². The number of hydrogen-bond donors (Lipinski definition) is 0. The first-order valence-corrected chi connectivity index (χ1v) is 16.6. The summed E-state index contributed by atoms with van der Waals surface area (Å²) in [7, 11) is -1.89. The van der Waals surface area contributed by atoms with Gasteiger partial charge in [0.1, 0.15) is 6.61 Å². The van der Waals surface area contributed by atoms with Crippen molar-refractivity contribution in [3.8, 4) is 0 Å². The third kappa shape index (κ3) is 7.87. The molecule has 0 bridgehead atoms. The van der Waals surface area contributed by atoms with Crippen LogP contribution in [0.5, 0.6) is 0 Å². The summed E-state index contributed by atoms with van der Waals surface area (Å²) >= 11 is 0. The Morgan fingerprint density at radius 1 is 1.08 bits per heavy atom. The van der Waals surface area contributed by atoms with Crippen LogP contribution in [-0.4, -0.2) is 29.3 Å². The van der Waals surface area contributed by atoms with Crippen molar-refractivity contribution < 1.29 is 14.0 Å². The number of aryl methyl sites for hydroxylation is 3. The van der Waals surface area contributed by atoms with Crippen LogP contribution >= 0.6 is 0 Å². The van der Waals surface area contributed by atoms with Gasteiger partial charge in [-0.3, -0.25) is 9.48 Å². The van der Waals surface area contributed by atoms with Crippen molar-refractivity contribution in [3.63, 3.8) is 0 Å². The fourth-order valence-corrected chi connectivity index (χ4v) is 5.14. The zero-order chi connectivity index (χ0) is 27.9. The molecule has 0 spiro atoms. The molecule has 0 radical (unpaired) electrons. The number of hydrogen-bond acceptors (Lipinski definition) is 5.